The summed E-state index contributed by atoms with van der Waals surface area (Å²) in [6.45, 7) is 1.32. The highest BCUT2D eigenvalue weighted by molar-refractivity contribution is 6.18. The predicted octanol–water partition coefficient (Wildman–Crippen LogP) is 0.980. The summed E-state index contributed by atoms with van der Waals surface area (Å²) in [5.74, 6) is 0.799. The maximum absolute atomic E-state index is 11.9. The van der Waals surface area contributed by atoms with Crippen molar-refractivity contribution in [2.45, 2.75) is 18.4 Å². The fourth-order valence-corrected chi connectivity index (χ4v) is 2.22. The van der Waals surface area contributed by atoms with Gasteiger partial charge in [-0.25, -0.2) is 4.98 Å². The number of hydrogen-bond donors (Lipinski definition) is 1. The SMILES string of the molecule is Cn1ccnc(NC2(CCl)CCOCC2)c1=O. The molecule has 2 heterocycles. The van der Waals surface area contributed by atoms with E-state index < -0.39 is 0 Å². The molecule has 0 unspecified atom stereocenters. The van der Waals surface area contributed by atoms with Gasteiger partial charge in [-0.2, -0.15) is 0 Å². The highest BCUT2D eigenvalue weighted by Gasteiger charge is 2.32. The molecule has 0 aliphatic carbocycles. The molecule has 17 heavy (non-hydrogen) atoms. The summed E-state index contributed by atoms with van der Waals surface area (Å²) in [7, 11) is 1.70. The van der Waals surface area contributed by atoms with Gasteiger partial charge in [0.2, 0.25) is 0 Å². The van der Waals surface area contributed by atoms with Crippen molar-refractivity contribution >= 4 is 17.4 Å². The number of hydrogen-bond acceptors (Lipinski definition) is 4. The van der Waals surface area contributed by atoms with E-state index in [-0.39, 0.29) is 11.1 Å². The second kappa shape index (κ2) is 5.06. The van der Waals surface area contributed by atoms with E-state index in [0.717, 1.165) is 12.8 Å². The molecule has 0 radical (unpaired) electrons. The zero-order valence-corrected chi connectivity index (χ0v) is 10.5. The number of anilines is 1. The molecule has 0 bridgehead atoms. The number of aryl methyl sites for hydroxylation is 1. The zero-order valence-electron chi connectivity index (χ0n) is 9.78. The summed E-state index contributed by atoms with van der Waals surface area (Å²) >= 11 is 6.02. The lowest BCUT2D eigenvalue weighted by Crippen LogP contribution is -2.47. The third-order valence-corrected chi connectivity index (χ3v) is 3.62. The Hall–Kier alpha value is -1.07. The summed E-state index contributed by atoms with van der Waals surface area (Å²) in [5, 5.41) is 3.20. The number of halogens is 1. The standard InChI is InChI=1S/C11H16ClN3O2/c1-15-5-4-13-9(10(15)16)14-11(8-12)2-6-17-7-3-11/h4-5H,2-3,6-8H2,1H3,(H,13,14). The first kappa shape index (κ1) is 12.4. The molecular formula is C11H16ClN3O2. The minimum Gasteiger partial charge on any atom is -0.381 e. The third kappa shape index (κ3) is 2.61. The van der Waals surface area contributed by atoms with Gasteiger partial charge in [0.05, 0.1) is 5.54 Å². The minimum atomic E-state index is -0.277. The van der Waals surface area contributed by atoms with Crippen molar-refractivity contribution in [2.75, 3.05) is 24.4 Å². The molecule has 6 heteroatoms. The average Bonchev–Trinajstić information content (AvgIpc) is 2.36. The quantitative estimate of drug-likeness (QED) is 0.821. The second-order valence-corrected chi connectivity index (χ2v) is 4.61. The van der Waals surface area contributed by atoms with Gasteiger partial charge in [0, 0.05) is 38.5 Å². The molecule has 0 spiro atoms. The Labute approximate surface area is 105 Å². The monoisotopic (exact) mass is 257 g/mol. The van der Waals surface area contributed by atoms with Crippen LogP contribution in [-0.2, 0) is 11.8 Å². The van der Waals surface area contributed by atoms with Crippen LogP contribution in [0.15, 0.2) is 17.2 Å². The largest absolute Gasteiger partial charge is 0.381 e. The molecule has 1 aromatic heterocycles. The first-order chi connectivity index (χ1) is 8.17. The number of rotatable bonds is 3. The number of nitrogens with one attached hydrogen (secondary N) is 1. The van der Waals surface area contributed by atoms with Gasteiger partial charge in [-0.1, -0.05) is 0 Å². The Morgan fingerprint density at radius 2 is 2.29 bits per heavy atom. The van der Waals surface area contributed by atoms with Crippen LogP contribution in [0.1, 0.15) is 12.8 Å². The number of nitrogens with zero attached hydrogens (tertiary/aromatic N) is 2. The van der Waals surface area contributed by atoms with Crippen molar-refractivity contribution in [2.24, 2.45) is 7.05 Å². The lowest BCUT2D eigenvalue weighted by molar-refractivity contribution is 0.0666. The molecule has 0 saturated carbocycles. The van der Waals surface area contributed by atoms with E-state index in [2.05, 4.69) is 10.3 Å². The van der Waals surface area contributed by atoms with E-state index in [1.165, 1.54) is 4.57 Å². The first-order valence-electron chi connectivity index (χ1n) is 5.60. The van der Waals surface area contributed by atoms with E-state index in [4.69, 9.17) is 16.3 Å². The summed E-state index contributed by atoms with van der Waals surface area (Å²) in [4.78, 5) is 15.9. The van der Waals surface area contributed by atoms with E-state index in [0.29, 0.717) is 24.9 Å². The van der Waals surface area contributed by atoms with Crippen molar-refractivity contribution in [1.82, 2.24) is 9.55 Å². The van der Waals surface area contributed by atoms with Crippen molar-refractivity contribution in [3.05, 3.63) is 22.7 Å². The van der Waals surface area contributed by atoms with Crippen LogP contribution in [0.4, 0.5) is 5.82 Å². The minimum absolute atomic E-state index is 0.136. The van der Waals surface area contributed by atoms with Crippen LogP contribution >= 0.6 is 11.6 Å². The fraction of sp³-hybridized carbons (Fsp3) is 0.636. The van der Waals surface area contributed by atoms with Crippen molar-refractivity contribution < 1.29 is 4.74 Å². The Kier molecular flexibility index (Phi) is 3.69. The smallest absolute Gasteiger partial charge is 0.293 e. The molecule has 0 atom stereocenters. The second-order valence-electron chi connectivity index (χ2n) is 4.34. The Morgan fingerprint density at radius 1 is 1.59 bits per heavy atom. The van der Waals surface area contributed by atoms with Gasteiger partial charge in [0.15, 0.2) is 5.82 Å². The van der Waals surface area contributed by atoms with Gasteiger partial charge in [-0.05, 0) is 12.8 Å². The van der Waals surface area contributed by atoms with E-state index in [1.54, 1.807) is 19.4 Å². The van der Waals surface area contributed by atoms with E-state index in [9.17, 15) is 4.79 Å². The van der Waals surface area contributed by atoms with Gasteiger partial charge >= 0.3 is 0 Å². The molecule has 1 N–H and O–H groups in total. The van der Waals surface area contributed by atoms with Gasteiger partial charge in [0.25, 0.3) is 5.56 Å². The molecule has 1 aliphatic rings. The van der Waals surface area contributed by atoms with Crippen LogP contribution in [0, 0.1) is 0 Å². The topological polar surface area (TPSA) is 56.1 Å². The normalized spacial score (nSPS) is 18.9. The number of ether oxygens (including phenoxy) is 1. The van der Waals surface area contributed by atoms with Gasteiger partial charge in [-0.3, -0.25) is 4.79 Å². The van der Waals surface area contributed by atoms with Crippen LogP contribution in [0.5, 0.6) is 0 Å². The maximum Gasteiger partial charge on any atom is 0.293 e. The molecule has 94 valence electrons. The molecule has 1 fully saturated rings. The molecule has 1 aliphatic heterocycles. The van der Waals surface area contributed by atoms with Gasteiger partial charge in [0.1, 0.15) is 0 Å². The third-order valence-electron chi connectivity index (χ3n) is 3.11. The Balaban J connectivity index is 2.23. The van der Waals surface area contributed by atoms with Crippen LogP contribution in [0.2, 0.25) is 0 Å². The number of aromatic nitrogens is 2. The molecule has 1 saturated heterocycles. The fourth-order valence-electron chi connectivity index (χ4n) is 1.89. The van der Waals surface area contributed by atoms with Gasteiger partial charge in [-0.15, -0.1) is 11.6 Å². The summed E-state index contributed by atoms with van der Waals surface area (Å²) in [5.41, 5.74) is -0.413. The predicted molar refractivity (Wildman–Crippen MR) is 66.6 cm³/mol. The number of alkyl halides is 1. The molecule has 0 amide bonds. The maximum atomic E-state index is 11.9. The van der Waals surface area contributed by atoms with Crippen LogP contribution in [0.3, 0.4) is 0 Å². The molecular weight excluding hydrogens is 242 g/mol. The van der Waals surface area contributed by atoms with Crippen LogP contribution in [-0.4, -0.2) is 34.2 Å². The summed E-state index contributed by atoms with van der Waals surface area (Å²) in [6.07, 6.45) is 4.81. The van der Waals surface area contributed by atoms with Crippen LogP contribution in [0.25, 0.3) is 0 Å². The van der Waals surface area contributed by atoms with E-state index >= 15 is 0 Å². The highest BCUT2D eigenvalue weighted by atomic mass is 35.5. The molecule has 2 rings (SSSR count). The molecule has 1 aromatic rings. The van der Waals surface area contributed by atoms with Crippen molar-refractivity contribution in [3.8, 4) is 0 Å². The van der Waals surface area contributed by atoms with Crippen LogP contribution < -0.4 is 10.9 Å². The van der Waals surface area contributed by atoms with Crippen molar-refractivity contribution in [1.29, 1.82) is 0 Å². The first-order valence-corrected chi connectivity index (χ1v) is 6.14. The molecule has 5 nitrogen and oxygen atoms in total. The Morgan fingerprint density at radius 3 is 2.94 bits per heavy atom. The Bertz CT molecular complexity index is 441. The lowest BCUT2D eigenvalue weighted by Gasteiger charge is -2.36. The van der Waals surface area contributed by atoms with Gasteiger partial charge < -0.3 is 14.6 Å². The van der Waals surface area contributed by atoms with E-state index in [1.807, 2.05) is 0 Å². The average molecular weight is 258 g/mol. The van der Waals surface area contributed by atoms with Crippen molar-refractivity contribution in [3.63, 3.8) is 0 Å². The lowest BCUT2D eigenvalue weighted by atomic mass is 9.92. The summed E-state index contributed by atoms with van der Waals surface area (Å²) in [6, 6.07) is 0. The highest BCUT2D eigenvalue weighted by Crippen LogP contribution is 2.25. The molecule has 0 aromatic carbocycles. The summed E-state index contributed by atoms with van der Waals surface area (Å²) < 4.78 is 6.81. The zero-order chi connectivity index (χ0) is 12.3.